The Balaban J connectivity index is 1.77. The molecule has 0 amide bonds. The van der Waals surface area contributed by atoms with Crippen molar-refractivity contribution < 1.29 is 4.39 Å². The fourth-order valence-electron chi connectivity index (χ4n) is 3.11. The third-order valence-electron chi connectivity index (χ3n) is 4.09. The van der Waals surface area contributed by atoms with Crippen LogP contribution in [0.15, 0.2) is 18.2 Å². The smallest absolute Gasteiger partial charge is 0.124 e. The van der Waals surface area contributed by atoms with Crippen LogP contribution in [0.2, 0.25) is 0 Å². The molecule has 0 aromatic heterocycles. The number of halogens is 2. The van der Waals surface area contributed by atoms with E-state index in [9.17, 15) is 4.39 Å². The minimum atomic E-state index is -0.139. The molecule has 1 unspecified atom stereocenters. The Kier molecular flexibility index (Phi) is 3.75. The molecule has 2 saturated heterocycles. The summed E-state index contributed by atoms with van der Waals surface area (Å²) < 4.78 is 14.2. The van der Waals surface area contributed by atoms with E-state index < -0.39 is 0 Å². The lowest BCUT2D eigenvalue weighted by molar-refractivity contribution is 0.133. The summed E-state index contributed by atoms with van der Waals surface area (Å²) in [6.45, 7) is 4.58. The van der Waals surface area contributed by atoms with E-state index in [0.717, 1.165) is 23.2 Å². The SMILES string of the molecule is Fc1ccc(N2CCN3CCCCC3C2)c(I)c1. The second-order valence-electron chi connectivity index (χ2n) is 5.23. The summed E-state index contributed by atoms with van der Waals surface area (Å²) in [4.78, 5) is 5.05. The number of piperazine rings is 1. The summed E-state index contributed by atoms with van der Waals surface area (Å²) in [6, 6.07) is 5.83. The van der Waals surface area contributed by atoms with Gasteiger partial charge in [-0.3, -0.25) is 4.90 Å². The summed E-state index contributed by atoms with van der Waals surface area (Å²) in [6.07, 6.45) is 4.02. The topological polar surface area (TPSA) is 6.48 Å². The Bertz CT molecular complexity index is 438. The van der Waals surface area contributed by atoms with Crippen LogP contribution in [0.5, 0.6) is 0 Å². The minimum Gasteiger partial charge on any atom is -0.368 e. The van der Waals surface area contributed by atoms with E-state index in [1.165, 1.54) is 31.5 Å². The molecule has 1 atom stereocenters. The van der Waals surface area contributed by atoms with Gasteiger partial charge in [0, 0.05) is 29.2 Å². The van der Waals surface area contributed by atoms with Gasteiger partial charge in [0.05, 0.1) is 5.69 Å². The highest BCUT2D eigenvalue weighted by Gasteiger charge is 2.29. The lowest BCUT2D eigenvalue weighted by Crippen LogP contribution is -2.55. The number of anilines is 1. The van der Waals surface area contributed by atoms with Crippen molar-refractivity contribution in [2.75, 3.05) is 31.1 Å². The second-order valence-corrected chi connectivity index (χ2v) is 6.39. The Morgan fingerprint density at radius 1 is 1.17 bits per heavy atom. The van der Waals surface area contributed by atoms with E-state index in [1.807, 2.05) is 6.07 Å². The van der Waals surface area contributed by atoms with Crippen LogP contribution in [0.1, 0.15) is 19.3 Å². The highest BCUT2D eigenvalue weighted by atomic mass is 127. The Morgan fingerprint density at radius 2 is 2.06 bits per heavy atom. The molecule has 0 spiro atoms. The van der Waals surface area contributed by atoms with E-state index in [1.54, 1.807) is 12.1 Å². The molecule has 1 aromatic carbocycles. The molecular formula is C14H18FIN2. The van der Waals surface area contributed by atoms with Gasteiger partial charge in [0.2, 0.25) is 0 Å². The fourth-order valence-corrected chi connectivity index (χ4v) is 3.93. The standard InChI is InChI=1S/C14H18FIN2/c15-11-4-5-14(13(16)9-11)18-8-7-17-6-2-1-3-12(17)10-18/h4-5,9,12H,1-3,6-8,10H2. The average Bonchev–Trinajstić information content (AvgIpc) is 2.38. The van der Waals surface area contributed by atoms with Crippen molar-refractivity contribution in [3.8, 4) is 0 Å². The molecule has 0 radical (unpaired) electrons. The summed E-state index contributed by atoms with van der Waals surface area (Å²) in [5, 5.41) is 0. The van der Waals surface area contributed by atoms with Crippen molar-refractivity contribution in [2.24, 2.45) is 0 Å². The van der Waals surface area contributed by atoms with Gasteiger partial charge in [-0.1, -0.05) is 6.42 Å². The van der Waals surface area contributed by atoms with Crippen LogP contribution in [-0.4, -0.2) is 37.1 Å². The quantitative estimate of drug-likeness (QED) is 0.711. The number of hydrogen-bond acceptors (Lipinski definition) is 2. The first kappa shape index (κ1) is 12.7. The molecule has 2 heterocycles. The minimum absolute atomic E-state index is 0.139. The fraction of sp³-hybridized carbons (Fsp3) is 0.571. The molecule has 0 saturated carbocycles. The summed E-state index contributed by atoms with van der Waals surface area (Å²) >= 11 is 2.24. The summed E-state index contributed by atoms with van der Waals surface area (Å²) in [5.41, 5.74) is 1.20. The molecule has 0 N–H and O–H groups in total. The van der Waals surface area contributed by atoms with Crippen LogP contribution in [0.4, 0.5) is 10.1 Å². The van der Waals surface area contributed by atoms with E-state index >= 15 is 0 Å². The number of nitrogens with zero attached hydrogens (tertiary/aromatic N) is 2. The molecule has 0 aliphatic carbocycles. The first-order valence-electron chi connectivity index (χ1n) is 6.68. The summed E-state index contributed by atoms with van der Waals surface area (Å²) in [5.74, 6) is -0.139. The van der Waals surface area contributed by atoms with Crippen molar-refractivity contribution >= 4 is 28.3 Å². The lowest BCUT2D eigenvalue weighted by atomic mass is 9.99. The molecule has 0 bridgehead atoms. The molecule has 18 heavy (non-hydrogen) atoms. The maximum absolute atomic E-state index is 13.2. The maximum Gasteiger partial charge on any atom is 0.124 e. The third-order valence-corrected chi connectivity index (χ3v) is 4.95. The highest BCUT2D eigenvalue weighted by molar-refractivity contribution is 14.1. The van der Waals surface area contributed by atoms with E-state index in [0.29, 0.717) is 6.04 Å². The van der Waals surface area contributed by atoms with Gasteiger partial charge in [0.1, 0.15) is 5.82 Å². The van der Waals surface area contributed by atoms with Gasteiger partial charge in [0.15, 0.2) is 0 Å². The molecule has 3 rings (SSSR count). The first-order valence-corrected chi connectivity index (χ1v) is 7.76. The third kappa shape index (κ3) is 2.50. The molecule has 2 nitrogen and oxygen atoms in total. The molecule has 2 aliphatic rings. The largest absolute Gasteiger partial charge is 0.368 e. The highest BCUT2D eigenvalue weighted by Crippen LogP contribution is 2.28. The first-order chi connectivity index (χ1) is 8.74. The normalized spacial score (nSPS) is 25.0. The van der Waals surface area contributed by atoms with E-state index in [-0.39, 0.29) is 5.82 Å². The van der Waals surface area contributed by atoms with Crippen LogP contribution in [0.3, 0.4) is 0 Å². The van der Waals surface area contributed by atoms with Crippen LogP contribution >= 0.6 is 22.6 Å². The molecule has 2 fully saturated rings. The monoisotopic (exact) mass is 360 g/mol. The Morgan fingerprint density at radius 3 is 2.89 bits per heavy atom. The van der Waals surface area contributed by atoms with Crippen LogP contribution in [-0.2, 0) is 0 Å². The van der Waals surface area contributed by atoms with E-state index in [2.05, 4.69) is 32.4 Å². The molecule has 4 heteroatoms. The van der Waals surface area contributed by atoms with Crippen LogP contribution in [0.25, 0.3) is 0 Å². The van der Waals surface area contributed by atoms with Gasteiger partial charge in [-0.05, 0) is 60.2 Å². The van der Waals surface area contributed by atoms with Crippen molar-refractivity contribution in [1.29, 1.82) is 0 Å². The lowest BCUT2D eigenvalue weighted by Gasteiger charge is -2.45. The zero-order valence-electron chi connectivity index (χ0n) is 10.4. The van der Waals surface area contributed by atoms with Gasteiger partial charge in [-0.25, -0.2) is 4.39 Å². The Hall–Kier alpha value is -0.360. The Labute approximate surface area is 121 Å². The van der Waals surface area contributed by atoms with Gasteiger partial charge in [-0.15, -0.1) is 0 Å². The molecule has 1 aromatic rings. The van der Waals surface area contributed by atoms with Crippen molar-refractivity contribution in [3.63, 3.8) is 0 Å². The van der Waals surface area contributed by atoms with Crippen molar-refractivity contribution in [1.82, 2.24) is 4.90 Å². The zero-order chi connectivity index (χ0) is 12.5. The van der Waals surface area contributed by atoms with Crippen molar-refractivity contribution in [3.05, 3.63) is 27.6 Å². The van der Waals surface area contributed by atoms with Gasteiger partial charge >= 0.3 is 0 Å². The number of rotatable bonds is 1. The number of hydrogen-bond donors (Lipinski definition) is 0. The number of benzene rings is 1. The second kappa shape index (κ2) is 5.33. The molecular weight excluding hydrogens is 342 g/mol. The van der Waals surface area contributed by atoms with Gasteiger partial charge < -0.3 is 4.90 Å². The van der Waals surface area contributed by atoms with Crippen LogP contribution in [0, 0.1) is 9.39 Å². The van der Waals surface area contributed by atoms with E-state index in [4.69, 9.17) is 0 Å². The van der Waals surface area contributed by atoms with Crippen LogP contribution < -0.4 is 4.90 Å². The molecule has 98 valence electrons. The van der Waals surface area contributed by atoms with Crippen molar-refractivity contribution in [2.45, 2.75) is 25.3 Å². The molecule has 2 aliphatic heterocycles. The van der Waals surface area contributed by atoms with Gasteiger partial charge in [0.25, 0.3) is 0 Å². The van der Waals surface area contributed by atoms with Gasteiger partial charge in [-0.2, -0.15) is 0 Å². The summed E-state index contributed by atoms with van der Waals surface area (Å²) in [7, 11) is 0. The number of fused-ring (bicyclic) bond motifs is 1. The predicted molar refractivity (Wildman–Crippen MR) is 80.5 cm³/mol. The zero-order valence-corrected chi connectivity index (χ0v) is 12.6. The predicted octanol–water partition coefficient (Wildman–Crippen LogP) is 3.10. The number of piperidine rings is 1. The average molecular weight is 360 g/mol. The maximum atomic E-state index is 13.2.